The third kappa shape index (κ3) is 5.83. The van der Waals surface area contributed by atoms with Gasteiger partial charge in [0.05, 0.1) is 0 Å². The minimum atomic E-state index is -0.311. The van der Waals surface area contributed by atoms with Crippen LogP contribution in [0.3, 0.4) is 0 Å². The Kier molecular flexibility index (Phi) is 7.03. The van der Waals surface area contributed by atoms with E-state index in [9.17, 15) is 14.0 Å². The van der Waals surface area contributed by atoms with E-state index in [0.29, 0.717) is 25.1 Å². The van der Waals surface area contributed by atoms with Crippen LogP contribution >= 0.6 is 0 Å². The molecular formula is C18H26FN3O2. The number of hydrogen-bond acceptors (Lipinski definition) is 2. The lowest BCUT2D eigenvalue weighted by Crippen LogP contribution is -2.44. The van der Waals surface area contributed by atoms with Crippen molar-refractivity contribution in [1.29, 1.82) is 0 Å². The quantitative estimate of drug-likeness (QED) is 0.670. The van der Waals surface area contributed by atoms with Crippen LogP contribution in [0.4, 0.5) is 9.18 Å². The summed E-state index contributed by atoms with van der Waals surface area (Å²) in [6, 6.07) is 6.05. The second-order valence-corrected chi connectivity index (χ2v) is 6.37. The predicted octanol–water partition coefficient (Wildman–Crippen LogP) is 2.36. The van der Waals surface area contributed by atoms with Crippen molar-refractivity contribution in [3.8, 4) is 0 Å². The third-order valence-corrected chi connectivity index (χ3v) is 4.30. The number of nitrogens with one attached hydrogen (secondary N) is 3. The zero-order chi connectivity index (χ0) is 17.4. The van der Waals surface area contributed by atoms with Crippen LogP contribution in [0, 0.1) is 11.7 Å². The number of hydrogen-bond donors (Lipinski definition) is 3. The molecule has 1 aromatic carbocycles. The number of amides is 3. The van der Waals surface area contributed by atoms with Gasteiger partial charge in [0, 0.05) is 25.0 Å². The Labute approximate surface area is 142 Å². The van der Waals surface area contributed by atoms with Gasteiger partial charge in [0.1, 0.15) is 5.82 Å². The van der Waals surface area contributed by atoms with Crippen molar-refractivity contribution in [2.24, 2.45) is 5.92 Å². The maximum atomic E-state index is 13.6. The molecule has 5 nitrogen and oxygen atoms in total. The predicted molar refractivity (Wildman–Crippen MR) is 91.1 cm³/mol. The van der Waals surface area contributed by atoms with Crippen LogP contribution < -0.4 is 16.0 Å². The van der Waals surface area contributed by atoms with E-state index in [1.807, 2.05) is 6.92 Å². The molecule has 2 rings (SSSR count). The van der Waals surface area contributed by atoms with Gasteiger partial charge in [-0.25, -0.2) is 9.18 Å². The van der Waals surface area contributed by atoms with E-state index in [0.717, 1.165) is 25.7 Å². The molecule has 1 saturated carbocycles. The minimum Gasteiger partial charge on any atom is -0.354 e. The Hall–Kier alpha value is -2.11. The van der Waals surface area contributed by atoms with Crippen molar-refractivity contribution in [3.63, 3.8) is 0 Å². The standard InChI is InChI=1S/C18H26FN3O2/c1-13(12-15-8-4-5-9-16(15)19)22-18(24)21-11-10-20-17(23)14-6-2-3-7-14/h4-5,8-9,13-14H,2-3,6-7,10-12H2,1H3,(H,20,23)(H2,21,22,24)/t13-/m0/s1. The highest BCUT2D eigenvalue weighted by atomic mass is 19.1. The Morgan fingerprint density at radius 3 is 2.54 bits per heavy atom. The number of benzene rings is 1. The van der Waals surface area contributed by atoms with Crippen LogP contribution in [0.2, 0.25) is 0 Å². The van der Waals surface area contributed by atoms with Gasteiger partial charge in [0.15, 0.2) is 0 Å². The van der Waals surface area contributed by atoms with Gasteiger partial charge in [-0.15, -0.1) is 0 Å². The van der Waals surface area contributed by atoms with Crippen LogP contribution in [0.25, 0.3) is 0 Å². The fourth-order valence-electron chi connectivity index (χ4n) is 3.01. The van der Waals surface area contributed by atoms with Crippen molar-refractivity contribution < 1.29 is 14.0 Å². The molecule has 1 fully saturated rings. The first-order valence-corrected chi connectivity index (χ1v) is 8.61. The molecule has 3 amide bonds. The number of halogens is 1. The van der Waals surface area contributed by atoms with Crippen molar-refractivity contribution >= 4 is 11.9 Å². The third-order valence-electron chi connectivity index (χ3n) is 4.30. The summed E-state index contributed by atoms with van der Waals surface area (Å²) in [4.78, 5) is 23.6. The Balaban J connectivity index is 1.60. The average Bonchev–Trinajstić information content (AvgIpc) is 3.08. The molecule has 0 radical (unpaired) electrons. The Morgan fingerprint density at radius 2 is 1.83 bits per heavy atom. The van der Waals surface area contributed by atoms with Gasteiger partial charge >= 0.3 is 6.03 Å². The van der Waals surface area contributed by atoms with Crippen LogP contribution in [0.15, 0.2) is 24.3 Å². The SMILES string of the molecule is C[C@@H](Cc1ccccc1F)NC(=O)NCCNC(=O)C1CCCC1. The van der Waals surface area contributed by atoms with Gasteiger partial charge in [-0.3, -0.25) is 4.79 Å². The molecule has 0 saturated heterocycles. The molecule has 0 bridgehead atoms. The molecule has 1 aromatic rings. The summed E-state index contributed by atoms with van der Waals surface area (Å²) in [5.41, 5.74) is 0.578. The van der Waals surface area contributed by atoms with E-state index in [1.165, 1.54) is 6.07 Å². The second kappa shape index (κ2) is 9.25. The molecule has 0 unspecified atom stereocenters. The Bertz CT molecular complexity index is 559. The van der Waals surface area contributed by atoms with Gasteiger partial charge in [0.2, 0.25) is 5.91 Å². The first kappa shape index (κ1) is 18.2. The average molecular weight is 335 g/mol. The Morgan fingerprint density at radius 1 is 1.17 bits per heavy atom. The summed E-state index contributed by atoms with van der Waals surface area (Å²) < 4.78 is 13.6. The molecule has 6 heteroatoms. The van der Waals surface area contributed by atoms with E-state index >= 15 is 0 Å². The monoisotopic (exact) mass is 335 g/mol. The van der Waals surface area contributed by atoms with Crippen molar-refractivity contribution in [1.82, 2.24) is 16.0 Å². The normalized spacial score (nSPS) is 15.8. The van der Waals surface area contributed by atoms with Crippen molar-refractivity contribution in [2.45, 2.75) is 45.1 Å². The lowest BCUT2D eigenvalue weighted by molar-refractivity contribution is -0.124. The van der Waals surface area contributed by atoms with Crippen LogP contribution in [0.1, 0.15) is 38.2 Å². The highest BCUT2D eigenvalue weighted by Gasteiger charge is 2.21. The molecule has 0 spiro atoms. The molecule has 1 atom stereocenters. The van der Waals surface area contributed by atoms with Crippen LogP contribution in [0.5, 0.6) is 0 Å². The molecule has 0 heterocycles. The zero-order valence-corrected chi connectivity index (χ0v) is 14.1. The first-order valence-electron chi connectivity index (χ1n) is 8.61. The maximum absolute atomic E-state index is 13.6. The number of carbonyl (C=O) groups is 2. The fourth-order valence-corrected chi connectivity index (χ4v) is 3.01. The zero-order valence-electron chi connectivity index (χ0n) is 14.1. The fraction of sp³-hybridized carbons (Fsp3) is 0.556. The minimum absolute atomic E-state index is 0.0858. The topological polar surface area (TPSA) is 70.2 Å². The smallest absolute Gasteiger partial charge is 0.315 e. The summed E-state index contributed by atoms with van der Waals surface area (Å²) in [5, 5.41) is 8.32. The van der Waals surface area contributed by atoms with Crippen molar-refractivity contribution in [2.75, 3.05) is 13.1 Å². The summed E-state index contributed by atoms with van der Waals surface area (Å²) >= 11 is 0. The first-order chi connectivity index (χ1) is 11.6. The van der Waals surface area contributed by atoms with E-state index in [-0.39, 0.29) is 29.7 Å². The molecule has 132 valence electrons. The van der Waals surface area contributed by atoms with Gasteiger partial charge in [-0.1, -0.05) is 31.0 Å². The van der Waals surface area contributed by atoms with Crippen molar-refractivity contribution in [3.05, 3.63) is 35.6 Å². The van der Waals surface area contributed by atoms with E-state index in [1.54, 1.807) is 18.2 Å². The van der Waals surface area contributed by atoms with Gasteiger partial charge < -0.3 is 16.0 Å². The molecule has 24 heavy (non-hydrogen) atoms. The van der Waals surface area contributed by atoms with Gasteiger partial charge in [-0.05, 0) is 37.8 Å². The summed E-state index contributed by atoms with van der Waals surface area (Å²) in [6.45, 7) is 2.62. The highest BCUT2D eigenvalue weighted by molar-refractivity contribution is 5.79. The highest BCUT2D eigenvalue weighted by Crippen LogP contribution is 2.24. The summed E-state index contributed by atoms with van der Waals surface area (Å²) in [6.07, 6.45) is 4.61. The van der Waals surface area contributed by atoms with Crippen LogP contribution in [-0.2, 0) is 11.2 Å². The van der Waals surface area contributed by atoms with E-state index in [2.05, 4.69) is 16.0 Å². The van der Waals surface area contributed by atoms with E-state index < -0.39 is 0 Å². The van der Waals surface area contributed by atoms with Gasteiger partial charge in [-0.2, -0.15) is 0 Å². The second-order valence-electron chi connectivity index (χ2n) is 6.37. The molecule has 0 aromatic heterocycles. The molecular weight excluding hydrogens is 309 g/mol. The maximum Gasteiger partial charge on any atom is 0.315 e. The van der Waals surface area contributed by atoms with Gasteiger partial charge in [0.25, 0.3) is 0 Å². The number of rotatable bonds is 7. The molecule has 1 aliphatic rings. The molecule has 3 N–H and O–H groups in total. The van der Waals surface area contributed by atoms with Crippen LogP contribution in [-0.4, -0.2) is 31.1 Å². The molecule has 1 aliphatic carbocycles. The lowest BCUT2D eigenvalue weighted by Gasteiger charge is -2.15. The molecule has 0 aliphatic heterocycles. The number of carbonyl (C=O) groups excluding carboxylic acids is 2. The number of urea groups is 1. The largest absolute Gasteiger partial charge is 0.354 e. The summed E-state index contributed by atoms with van der Waals surface area (Å²) in [7, 11) is 0. The van der Waals surface area contributed by atoms with E-state index in [4.69, 9.17) is 0 Å². The lowest BCUT2D eigenvalue weighted by atomic mass is 10.1. The summed E-state index contributed by atoms with van der Waals surface area (Å²) in [5.74, 6) is -0.0385.